The minimum absolute atomic E-state index is 0.528. The predicted molar refractivity (Wildman–Crippen MR) is 74.5 cm³/mol. The van der Waals surface area contributed by atoms with E-state index in [-0.39, 0.29) is 0 Å². The minimum Gasteiger partial charge on any atom is -0.387 e. The molecular formula is C15H24N2O. The van der Waals surface area contributed by atoms with Gasteiger partial charge in [-0.05, 0) is 25.6 Å². The van der Waals surface area contributed by atoms with Crippen LogP contribution in [0.5, 0.6) is 0 Å². The van der Waals surface area contributed by atoms with Crippen LogP contribution in [-0.2, 0) is 6.54 Å². The van der Waals surface area contributed by atoms with Crippen molar-refractivity contribution in [1.82, 2.24) is 9.80 Å². The molecule has 1 unspecified atom stereocenters. The fraction of sp³-hybridized carbons (Fsp3) is 0.600. The third-order valence-electron chi connectivity index (χ3n) is 3.76. The lowest BCUT2D eigenvalue weighted by atomic mass is 10.0. The molecule has 100 valence electrons. The molecule has 0 amide bonds. The molecule has 0 aromatic heterocycles. The highest BCUT2D eigenvalue weighted by atomic mass is 16.3. The summed E-state index contributed by atoms with van der Waals surface area (Å²) in [6.45, 7) is 6.60. The van der Waals surface area contributed by atoms with Gasteiger partial charge >= 0.3 is 0 Å². The van der Waals surface area contributed by atoms with Gasteiger partial charge in [0.25, 0.3) is 0 Å². The summed E-state index contributed by atoms with van der Waals surface area (Å²) in [6, 6.07) is 10.5. The average Bonchev–Trinajstić information content (AvgIpc) is 2.71. The van der Waals surface area contributed by atoms with E-state index in [2.05, 4.69) is 48.0 Å². The monoisotopic (exact) mass is 248 g/mol. The van der Waals surface area contributed by atoms with Crippen molar-refractivity contribution in [2.45, 2.75) is 25.5 Å². The number of likely N-dealkylation sites (tertiary alicyclic amines) is 1. The molecule has 1 saturated heterocycles. The van der Waals surface area contributed by atoms with E-state index in [4.69, 9.17) is 0 Å². The van der Waals surface area contributed by atoms with Crippen molar-refractivity contribution in [2.75, 3.05) is 33.2 Å². The SMILES string of the molecule is CCN(C)CC1(O)CCN(Cc2ccccc2)C1. The Hall–Kier alpha value is -0.900. The summed E-state index contributed by atoms with van der Waals surface area (Å²) in [6.07, 6.45) is 0.879. The van der Waals surface area contributed by atoms with E-state index in [1.807, 2.05) is 6.07 Å². The number of β-amino-alcohol motifs (C(OH)–C–C–N with tert-alkyl or cyclic N) is 1. The number of likely N-dealkylation sites (N-methyl/N-ethyl adjacent to an activating group) is 1. The maximum atomic E-state index is 10.6. The molecule has 1 heterocycles. The van der Waals surface area contributed by atoms with Gasteiger partial charge < -0.3 is 10.0 Å². The Morgan fingerprint density at radius 3 is 2.72 bits per heavy atom. The van der Waals surface area contributed by atoms with Crippen molar-refractivity contribution < 1.29 is 5.11 Å². The summed E-state index contributed by atoms with van der Waals surface area (Å²) in [4.78, 5) is 4.53. The summed E-state index contributed by atoms with van der Waals surface area (Å²) in [7, 11) is 2.07. The maximum Gasteiger partial charge on any atom is 0.0912 e. The van der Waals surface area contributed by atoms with Gasteiger partial charge in [-0.1, -0.05) is 37.3 Å². The van der Waals surface area contributed by atoms with Gasteiger partial charge in [0.05, 0.1) is 5.60 Å². The molecule has 3 heteroatoms. The first-order chi connectivity index (χ1) is 8.61. The maximum absolute atomic E-state index is 10.6. The molecule has 0 spiro atoms. The van der Waals surface area contributed by atoms with E-state index in [9.17, 15) is 5.11 Å². The van der Waals surface area contributed by atoms with Gasteiger partial charge in [0, 0.05) is 26.2 Å². The second-order valence-corrected chi connectivity index (χ2v) is 5.50. The Kier molecular flexibility index (Phi) is 4.38. The van der Waals surface area contributed by atoms with Gasteiger partial charge in [0.1, 0.15) is 0 Å². The highest BCUT2D eigenvalue weighted by molar-refractivity contribution is 5.15. The quantitative estimate of drug-likeness (QED) is 0.857. The van der Waals surface area contributed by atoms with Crippen molar-refractivity contribution in [2.24, 2.45) is 0 Å². The normalized spacial score (nSPS) is 24.9. The van der Waals surface area contributed by atoms with E-state index in [1.54, 1.807) is 0 Å². The lowest BCUT2D eigenvalue weighted by Crippen LogP contribution is -2.43. The van der Waals surface area contributed by atoms with E-state index in [0.29, 0.717) is 0 Å². The minimum atomic E-state index is -0.528. The first kappa shape index (κ1) is 13.5. The number of hydrogen-bond acceptors (Lipinski definition) is 3. The van der Waals surface area contributed by atoms with Crippen molar-refractivity contribution in [3.05, 3.63) is 35.9 Å². The molecule has 1 aromatic carbocycles. The van der Waals surface area contributed by atoms with E-state index in [1.165, 1.54) is 5.56 Å². The molecule has 0 saturated carbocycles. The third-order valence-corrected chi connectivity index (χ3v) is 3.76. The zero-order valence-corrected chi connectivity index (χ0v) is 11.5. The van der Waals surface area contributed by atoms with Gasteiger partial charge in [-0.2, -0.15) is 0 Å². The van der Waals surface area contributed by atoms with Crippen molar-refractivity contribution in [3.8, 4) is 0 Å². The van der Waals surface area contributed by atoms with E-state index < -0.39 is 5.60 Å². The lowest BCUT2D eigenvalue weighted by molar-refractivity contribution is 0.0193. The summed E-state index contributed by atoms with van der Waals surface area (Å²) in [5, 5.41) is 10.6. The van der Waals surface area contributed by atoms with Crippen molar-refractivity contribution in [1.29, 1.82) is 0 Å². The van der Waals surface area contributed by atoms with Crippen LogP contribution in [0.1, 0.15) is 18.9 Å². The number of nitrogens with zero attached hydrogens (tertiary/aromatic N) is 2. The number of hydrogen-bond donors (Lipinski definition) is 1. The van der Waals surface area contributed by atoms with Gasteiger partial charge in [-0.25, -0.2) is 0 Å². The van der Waals surface area contributed by atoms with Crippen LogP contribution in [0, 0.1) is 0 Å². The summed E-state index contributed by atoms with van der Waals surface area (Å²) >= 11 is 0. The molecular weight excluding hydrogens is 224 g/mol. The smallest absolute Gasteiger partial charge is 0.0912 e. The van der Waals surface area contributed by atoms with Gasteiger partial charge in [-0.15, -0.1) is 0 Å². The molecule has 1 fully saturated rings. The first-order valence-electron chi connectivity index (χ1n) is 6.78. The summed E-state index contributed by atoms with van der Waals surface area (Å²) < 4.78 is 0. The summed E-state index contributed by atoms with van der Waals surface area (Å²) in [5.74, 6) is 0. The molecule has 0 bridgehead atoms. The Balaban J connectivity index is 1.88. The van der Waals surface area contributed by atoms with Crippen molar-refractivity contribution >= 4 is 0 Å². The molecule has 2 rings (SSSR count). The van der Waals surface area contributed by atoms with Crippen LogP contribution >= 0.6 is 0 Å². The van der Waals surface area contributed by atoms with Gasteiger partial charge in [0.15, 0.2) is 0 Å². The van der Waals surface area contributed by atoms with Crippen LogP contribution in [0.2, 0.25) is 0 Å². The van der Waals surface area contributed by atoms with Crippen LogP contribution in [0.25, 0.3) is 0 Å². The average molecular weight is 248 g/mol. The Labute approximate surface area is 110 Å². The Bertz CT molecular complexity index is 368. The Morgan fingerprint density at radius 1 is 1.33 bits per heavy atom. The van der Waals surface area contributed by atoms with E-state index in [0.717, 1.165) is 39.1 Å². The highest BCUT2D eigenvalue weighted by Gasteiger charge is 2.36. The Morgan fingerprint density at radius 2 is 2.06 bits per heavy atom. The molecule has 0 radical (unpaired) electrons. The van der Waals surface area contributed by atoms with Crippen LogP contribution in [-0.4, -0.2) is 53.7 Å². The second-order valence-electron chi connectivity index (χ2n) is 5.50. The number of benzene rings is 1. The van der Waals surface area contributed by atoms with Crippen LogP contribution in [0.3, 0.4) is 0 Å². The zero-order chi connectivity index (χ0) is 13.0. The van der Waals surface area contributed by atoms with Crippen LogP contribution in [0.15, 0.2) is 30.3 Å². The van der Waals surface area contributed by atoms with Gasteiger partial charge in [-0.3, -0.25) is 4.90 Å². The largest absolute Gasteiger partial charge is 0.387 e. The fourth-order valence-corrected chi connectivity index (χ4v) is 2.66. The third kappa shape index (κ3) is 3.55. The molecule has 0 aliphatic carbocycles. The van der Waals surface area contributed by atoms with E-state index >= 15 is 0 Å². The molecule has 1 atom stereocenters. The molecule has 1 aliphatic rings. The van der Waals surface area contributed by atoms with Crippen LogP contribution < -0.4 is 0 Å². The lowest BCUT2D eigenvalue weighted by Gasteiger charge is -2.28. The topological polar surface area (TPSA) is 26.7 Å². The fourth-order valence-electron chi connectivity index (χ4n) is 2.66. The van der Waals surface area contributed by atoms with Gasteiger partial charge in [0.2, 0.25) is 0 Å². The predicted octanol–water partition coefficient (Wildman–Crippen LogP) is 1.58. The first-order valence-corrected chi connectivity index (χ1v) is 6.78. The summed E-state index contributed by atoms with van der Waals surface area (Å²) in [5.41, 5.74) is 0.796. The molecule has 1 N–H and O–H groups in total. The molecule has 1 aromatic rings. The second kappa shape index (κ2) is 5.83. The molecule has 3 nitrogen and oxygen atoms in total. The zero-order valence-electron chi connectivity index (χ0n) is 11.5. The number of rotatable bonds is 5. The highest BCUT2D eigenvalue weighted by Crippen LogP contribution is 2.23. The standard InChI is InChI=1S/C15H24N2O/c1-3-16(2)12-15(18)9-10-17(13-15)11-14-7-5-4-6-8-14/h4-8,18H,3,9-13H2,1-2H3. The number of aliphatic hydroxyl groups is 1. The molecule has 1 aliphatic heterocycles. The molecule has 18 heavy (non-hydrogen) atoms. The van der Waals surface area contributed by atoms with Crippen molar-refractivity contribution in [3.63, 3.8) is 0 Å². The van der Waals surface area contributed by atoms with Crippen LogP contribution in [0.4, 0.5) is 0 Å².